The summed E-state index contributed by atoms with van der Waals surface area (Å²) in [4.78, 5) is 0. The summed E-state index contributed by atoms with van der Waals surface area (Å²) in [6.07, 6.45) is -2.13. The number of halogens is 1. The third kappa shape index (κ3) is 3.82. The van der Waals surface area contributed by atoms with Gasteiger partial charge in [-0.15, -0.1) is 0 Å². The molecular weight excluding hydrogens is 416 g/mol. The molecule has 6 atom stereocenters. The van der Waals surface area contributed by atoms with Gasteiger partial charge in [-0.1, -0.05) is 55.8 Å². The van der Waals surface area contributed by atoms with Gasteiger partial charge in [-0.2, -0.15) is 0 Å². The van der Waals surface area contributed by atoms with E-state index in [2.05, 4.69) is 38.1 Å². The summed E-state index contributed by atoms with van der Waals surface area (Å²) in [5.41, 5.74) is 3.92. The van der Waals surface area contributed by atoms with Gasteiger partial charge in [-0.3, -0.25) is 0 Å². The molecule has 1 fully saturated rings. The van der Waals surface area contributed by atoms with Gasteiger partial charge in [0.2, 0.25) is 0 Å². The van der Waals surface area contributed by atoms with Crippen LogP contribution >= 0.6 is 11.6 Å². The van der Waals surface area contributed by atoms with Crippen LogP contribution in [0.4, 0.5) is 0 Å². The highest BCUT2D eigenvalue weighted by molar-refractivity contribution is 6.31. The highest BCUT2D eigenvalue weighted by atomic mass is 35.5. The molecule has 5 nitrogen and oxygen atoms in total. The number of benzene rings is 2. The molecule has 2 aromatic rings. The molecule has 31 heavy (non-hydrogen) atoms. The van der Waals surface area contributed by atoms with Crippen molar-refractivity contribution < 1.29 is 25.2 Å². The smallest absolute Gasteiger partial charge is 0.123 e. The first kappa shape index (κ1) is 22.7. The fourth-order valence-corrected chi connectivity index (χ4v) is 5.40. The van der Waals surface area contributed by atoms with Crippen molar-refractivity contribution in [3.8, 4) is 0 Å². The zero-order valence-corrected chi connectivity index (χ0v) is 18.7. The van der Waals surface area contributed by atoms with Crippen LogP contribution in [0.1, 0.15) is 60.4 Å². The lowest BCUT2D eigenvalue weighted by Gasteiger charge is -2.47. The molecule has 0 radical (unpaired) electrons. The second kappa shape index (κ2) is 8.81. The van der Waals surface area contributed by atoms with Crippen LogP contribution < -0.4 is 0 Å². The van der Waals surface area contributed by atoms with Gasteiger partial charge in [0.1, 0.15) is 30.0 Å². The number of aryl methyl sites for hydroxylation is 1. The Balaban J connectivity index is 1.77. The maximum atomic E-state index is 11.0. The number of hydrogen-bond acceptors (Lipinski definition) is 5. The molecule has 1 aliphatic heterocycles. The monoisotopic (exact) mass is 446 g/mol. The first-order valence-electron chi connectivity index (χ1n) is 11.1. The summed E-state index contributed by atoms with van der Waals surface area (Å²) in [5.74, 6) is 0.0989. The van der Waals surface area contributed by atoms with Crippen molar-refractivity contribution in [1.29, 1.82) is 0 Å². The minimum absolute atomic E-state index is 0.0989. The van der Waals surface area contributed by atoms with E-state index in [4.69, 9.17) is 16.3 Å². The molecule has 0 aromatic heterocycles. The maximum absolute atomic E-state index is 11.0. The van der Waals surface area contributed by atoms with Gasteiger partial charge >= 0.3 is 0 Å². The summed E-state index contributed by atoms with van der Waals surface area (Å²) >= 11 is 6.68. The van der Waals surface area contributed by atoms with Crippen LogP contribution in [0.3, 0.4) is 0 Å². The standard InChI is InChI=1S/C25H31ClO5/c1-3-14-5-7-15(8-6-14)9-17-10-19-18(11-20(17)26)16(4-2)12-25(19)24(30)23(29)22(28)21(13-27)31-25/h5-8,10-11,16,21-24,27-30H,3-4,9,12-13H2,1-2H3/t16?,21-,22-,23+,24-,25+/m1/s1. The van der Waals surface area contributed by atoms with E-state index in [1.165, 1.54) is 5.56 Å². The predicted molar refractivity (Wildman–Crippen MR) is 119 cm³/mol. The lowest BCUT2D eigenvalue weighted by molar-refractivity contribution is -0.279. The molecule has 1 saturated heterocycles. The highest BCUT2D eigenvalue weighted by Gasteiger charge is 2.58. The Hall–Kier alpha value is -1.47. The number of aliphatic hydroxyl groups is 4. The molecule has 2 aromatic carbocycles. The summed E-state index contributed by atoms with van der Waals surface area (Å²) in [7, 11) is 0. The summed E-state index contributed by atoms with van der Waals surface area (Å²) in [6, 6.07) is 12.4. The molecule has 168 valence electrons. The zero-order valence-electron chi connectivity index (χ0n) is 18.0. The quantitative estimate of drug-likeness (QED) is 0.566. The summed E-state index contributed by atoms with van der Waals surface area (Å²) < 4.78 is 6.16. The van der Waals surface area contributed by atoms with Gasteiger partial charge in [0.25, 0.3) is 0 Å². The van der Waals surface area contributed by atoms with Crippen LogP contribution in [-0.4, -0.2) is 51.4 Å². The highest BCUT2D eigenvalue weighted by Crippen LogP contribution is 2.54. The fraction of sp³-hybridized carbons (Fsp3) is 0.520. The van der Waals surface area contributed by atoms with E-state index in [0.717, 1.165) is 35.1 Å². The second-order valence-corrected chi connectivity index (χ2v) is 9.25. The maximum Gasteiger partial charge on any atom is 0.123 e. The summed E-state index contributed by atoms with van der Waals surface area (Å²) in [5, 5.41) is 42.2. The molecule has 2 aliphatic rings. The zero-order chi connectivity index (χ0) is 22.3. The molecule has 1 aliphatic carbocycles. The van der Waals surface area contributed by atoms with Gasteiger partial charge in [0, 0.05) is 5.02 Å². The van der Waals surface area contributed by atoms with Gasteiger partial charge in [0.05, 0.1) is 6.61 Å². The van der Waals surface area contributed by atoms with E-state index in [0.29, 0.717) is 17.9 Å². The van der Waals surface area contributed by atoms with Crippen molar-refractivity contribution in [2.75, 3.05) is 6.61 Å². The third-order valence-corrected chi connectivity index (χ3v) is 7.41. The first-order valence-corrected chi connectivity index (χ1v) is 11.5. The van der Waals surface area contributed by atoms with Crippen LogP contribution in [0.25, 0.3) is 0 Å². The van der Waals surface area contributed by atoms with E-state index in [1.54, 1.807) is 0 Å². The normalized spacial score (nSPS) is 32.4. The molecule has 4 rings (SSSR count). The van der Waals surface area contributed by atoms with Crippen LogP contribution in [0.2, 0.25) is 5.02 Å². The molecular formula is C25H31ClO5. The Labute approximate surface area is 188 Å². The minimum Gasteiger partial charge on any atom is -0.394 e. The number of hydrogen-bond donors (Lipinski definition) is 4. The Morgan fingerprint density at radius 3 is 2.32 bits per heavy atom. The van der Waals surface area contributed by atoms with Crippen LogP contribution in [0.15, 0.2) is 36.4 Å². The Kier molecular flexibility index (Phi) is 6.46. The summed E-state index contributed by atoms with van der Waals surface area (Å²) in [6.45, 7) is 3.74. The van der Waals surface area contributed by atoms with E-state index in [-0.39, 0.29) is 5.92 Å². The molecule has 0 amide bonds. The molecule has 6 heteroatoms. The van der Waals surface area contributed by atoms with E-state index in [9.17, 15) is 20.4 Å². The minimum atomic E-state index is -1.41. The van der Waals surface area contributed by atoms with Gasteiger partial charge in [-0.05, 0) is 65.5 Å². The Morgan fingerprint density at radius 1 is 1.03 bits per heavy atom. The molecule has 1 heterocycles. The fourth-order valence-electron chi connectivity index (χ4n) is 5.17. The number of aliphatic hydroxyl groups excluding tert-OH is 4. The van der Waals surface area contributed by atoms with Crippen molar-refractivity contribution in [1.82, 2.24) is 0 Å². The number of ether oxygens (including phenoxy) is 1. The van der Waals surface area contributed by atoms with Crippen LogP contribution in [0, 0.1) is 0 Å². The van der Waals surface area contributed by atoms with Crippen molar-refractivity contribution in [2.45, 2.75) is 75.5 Å². The Morgan fingerprint density at radius 2 is 1.71 bits per heavy atom. The van der Waals surface area contributed by atoms with Crippen LogP contribution in [0.5, 0.6) is 0 Å². The van der Waals surface area contributed by atoms with Crippen molar-refractivity contribution in [2.24, 2.45) is 0 Å². The van der Waals surface area contributed by atoms with Crippen molar-refractivity contribution in [3.05, 3.63) is 69.2 Å². The second-order valence-electron chi connectivity index (χ2n) is 8.84. The topological polar surface area (TPSA) is 90.2 Å². The molecule has 4 N–H and O–H groups in total. The molecule has 0 bridgehead atoms. The van der Waals surface area contributed by atoms with Crippen LogP contribution in [-0.2, 0) is 23.2 Å². The van der Waals surface area contributed by atoms with Crippen molar-refractivity contribution in [3.63, 3.8) is 0 Å². The predicted octanol–water partition coefficient (Wildman–Crippen LogP) is 3.06. The largest absolute Gasteiger partial charge is 0.394 e. The van der Waals surface area contributed by atoms with Gasteiger partial charge in [0.15, 0.2) is 0 Å². The lowest BCUT2D eigenvalue weighted by Crippen LogP contribution is -2.62. The van der Waals surface area contributed by atoms with E-state index in [1.807, 2.05) is 12.1 Å². The van der Waals surface area contributed by atoms with Gasteiger partial charge in [-0.25, -0.2) is 0 Å². The number of rotatable bonds is 5. The van der Waals surface area contributed by atoms with Gasteiger partial charge < -0.3 is 25.2 Å². The lowest BCUT2D eigenvalue weighted by atomic mass is 9.79. The Bertz CT molecular complexity index is 928. The molecule has 0 saturated carbocycles. The van der Waals surface area contributed by atoms with E-state index < -0.39 is 36.6 Å². The molecule has 1 unspecified atom stereocenters. The average Bonchev–Trinajstić information content (AvgIpc) is 3.08. The number of fused-ring (bicyclic) bond motifs is 2. The van der Waals surface area contributed by atoms with E-state index >= 15 is 0 Å². The first-order chi connectivity index (χ1) is 14.8. The molecule has 1 spiro atoms. The van der Waals surface area contributed by atoms with Crippen molar-refractivity contribution >= 4 is 11.6 Å². The third-order valence-electron chi connectivity index (χ3n) is 7.06. The SMILES string of the molecule is CCc1ccc(Cc2cc3c(cc2Cl)C(CC)C[C@]32O[C@H](CO)[C@@H](O)[C@H](O)[C@H]2O)cc1. The average molecular weight is 447 g/mol.